The van der Waals surface area contributed by atoms with Crippen molar-refractivity contribution in [1.29, 1.82) is 0 Å². The van der Waals surface area contributed by atoms with Gasteiger partial charge in [0, 0.05) is 26.3 Å². The van der Waals surface area contributed by atoms with Gasteiger partial charge in [0.25, 0.3) is 0 Å². The third-order valence-electron chi connectivity index (χ3n) is 7.41. The van der Waals surface area contributed by atoms with Crippen molar-refractivity contribution in [3.05, 3.63) is 128 Å². The topological polar surface area (TPSA) is 82.5 Å². The van der Waals surface area contributed by atoms with Gasteiger partial charge in [0.2, 0.25) is 0 Å². The first-order chi connectivity index (χ1) is 21.5. The van der Waals surface area contributed by atoms with Gasteiger partial charge in [-0.3, -0.25) is 0 Å². The third kappa shape index (κ3) is 6.09. The van der Waals surface area contributed by atoms with Gasteiger partial charge in [0.05, 0.1) is 0 Å². The minimum atomic E-state index is -1.98. The van der Waals surface area contributed by atoms with Crippen LogP contribution in [0, 0.1) is 12.1 Å². The van der Waals surface area contributed by atoms with E-state index < -0.39 is 13.3 Å². The van der Waals surface area contributed by atoms with Crippen molar-refractivity contribution in [2.75, 3.05) is 0 Å². The van der Waals surface area contributed by atoms with E-state index >= 15 is 0 Å². The van der Waals surface area contributed by atoms with E-state index in [0.29, 0.717) is 17.1 Å². The zero-order chi connectivity index (χ0) is 30.1. The second-order valence-electron chi connectivity index (χ2n) is 11.4. The first-order valence-electron chi connectivity index (χ1n) is 14.3. The first kappa shape index (κ1) is 30.5. The van der Waals surface area contributed by atoms with Gasteiger partial charge in [-0.05, 0) is 11.8 Å². The number of para-hydroxylation sites is 1. The van der Waals surface area contributed by atoms with Gasteiger partial charge in [0.1, 0.15) is 0 Å². The molecule has 4 aromatic heterocycles. The predicted molar refractivity (Wildman–Crippen MR) is 177 cm³/mol. The number of rotatable bonds is 4. The summed E-state index contributed by atoms with van der Waals surface area (Å²) in [6.07, 6.45) is 3.20. The fourth-order valence-corrected chi connectivity index (χ4v) is 7.58. The summed E-state index contributed by atoms with van der Waals surface area (Å²) in [5.74, 6) is 7.84. The number of benzene rings is 4. The molecule has 45 heavy (non-hydrogen) atoms. The molecule has 4 aromatic carbocycles. The van der Waals surface area contributed by atoms with Crippen LogP contribution < -0.4 is 4.40 Å². The Balaban J connectivity index is 0.000000231. The van der Waals surface area contributed by atoms with Crippen molar-refractivity contribution in [1.82, 2.24) is 29.7 Å². The van der Waals surface area contributed by atoms with E-state index in [-0.39, 0.29) is 20.1 Å². The van der Waals surface area contributed by atoms with Gasteiger partial charge >= 0.3 is 187 Å². The minimum Gasteiger partial charge on any atom is -0.305 e. The second-order valence-corrected chi connectivity index (χ2v) is 22.0. The van der Waals surface area contributed by atoms with Crippen molar-refractivity contribution in [2.45, 2.75) is 17.3 Å². The molecule has 0 aliphatic heterocycles. The van der Waals surface area contributed by atoms with Crippen LogP contribution in [0.2, 0.25) is 17.3 Å². The maximum Gasteiger partial charge on any atom is 0.0160 e. The Hall–Kier alpha value is -4.50. The molecule has 0 bridgehead atoms. The van der Waals surface area contributed by atoms with Crippen LogP contribution in [0.3, 0.4) is 0 Å². The van der Waals surface area contributed by atoms with Crippen molar-refractivity contribution >= 4 is 50.9 Å². The molecule has 8 aromatic rings. The average Bonchev–Trinajstić information content (AvgIpc) is 3.64. The molecule has 9 heteroatoms. The van der Waals surface area contributed by atoms with Gasteiger partial charge in [0.15, 0.2) is 0 Å². The Morgan fingerprint density at radius 3 is 2.36 bits per heavy atom. The number of pyridine rings is 1. The van der Waals surface area contributed by atoms with E-state index in [1.54, 1.807) is 6.20 Å². The standard InChI is InChI=1S/C25H20GeN5O.C11H8N.Ir/c1-26(2,3)16-12-13-18-19-10-7-11-20(22(19)32-21(18)14-16)24-29-23-25(30-28-15-27-23)31(24)17-8-5-4-6-9-17;1-2-6-10(7-3-1)11-8-4-5-9-12-11;/h4-10,12-15H,1-3H3;1-6,8-9H;/q2*-1;. The Labute approximate surface area is 277 Å². The predicted octanol–water partition coefficient (Wildman–Crippen LogP) is 7.67. The summed E-state index contributed by atoms with van der Waals surface area (Å²) < 4.78 is 9.83. The van der Waals surface area contributed by atoms with Crippen molar-refractivity contribution < 1.29 is 24.5 Å². The maximum atomic E-state index is 6.45. The number of aromatic nitrogens is 6. The molecule has 0 atom stereocenters. The van der Waals surface area contributed by atoms with Crippen LogP contribution in [-0.2, 0) is 20.1 Å². The van der Waals surface area contributed by atoms with E-state index in [4.69, 9.17) is 9.40 Å². The first-order valence-corrected chi connectivity index (χ1v) is 21.7. The molecule has 0 N–H and O–H groups in total. The summed E-state index contributed by atoms with van der Waals surface area (Å²) in [5.41, 5.74) is 6.51. The van der Waals surface area contributed by atoms with Gasteiger partial charge in [-0.15, -0.1) is 35.9 Å². The number of imidazole rings is 1. The smallest absolute Gasteiger partial charge is 0.0160 e. The van der Waals surface area contributed by atoms with Gasteiger partial charge < -0.3 is 4.98 Å². The van der Waals surface area contributed by atoms with Crippen molar-refractivity contribution in [3.63, 3.8) is 0 Å². The number of nitrogens with zero attached hydrogens (tertiary/aromatic N) is 6. The Morgan fingerprint density at radius 1 is 0.778 bits per heavy atom. The largest absolute Gasteiger partial charge is 0.305 e. The van der Waals surface area contributed by atoms with E-state index in [9.17, 15) is 0 Å². The van der Waals surface area contributed by atoms with Gasteiger partial charge in [-0.2, -0.15) is 0 Å². The summed E-state index contributed by atoms with van der Waals surface area (Å²) in [6, 6.07) is 40.8. The normalized spacial score (nSPS) is 11.3. The number of fused-ring (bicyclic) bond motifs is 4. The van der Waals surface area contributed by atoms with Crippen LogP contribution in [0.5, 0.6) is 0 Å². The van der Waals surface area contributed by atoms with E-state index in [2.05, 4.69) is 73.8 Å². The average molecular weight is 825 g/mol. The van der Waals surface area contributed by atoms with E-state index in [1.807, 2.05) is 83.4 Å². The summed E-state index contributed by atoms with van der Waals surface area (Å²) >= 11 is -1.98. The minimum absolute atomic E-state index is 0. The van der Waals surface area contributed by atoms with Crippen LogP contribution in [0.15, 0.2) is 120 Å². The fraction of sp³-hybridized carbons (Fsp3) is 0.0833. The zero-order valence-corrected chi connectivity index (χ0v) is 29.4. The molecule has 1 radical (unpaired) electrons. The number of furan rings is 1. The monoisotopic (exact) mass is 827 g/mol. The summed E-state index contributed by atoms with van der Waals surface area (Å²) in [5, 5.41) is 10.5. The Kier molecular flexibility index (Phi) is 8.72. The van der Waals surface area contributed by atoms with Gasteiger partial charge in [-0.1, -0.05) is 12.1 Å². The molecule has 0 aliphatic carbocycles. The molecule has 223 valence electrons. The molecule has 8 rings (SSSR count). The Morgan fingerprint density at radius 2 is 1.60 bits per heavy atom. The molecular formula is C36H28GeIrN6O-2. The molecule has 0 spiro atoms. The summed E-state index contributed by atoms with van der Waals surface area (Å²) in [4.78, 5) is 13.4. The van der Waals surface area contributed by atoms with Crippen LogP contribution in [-0.4, -0.2) is 43.0 Å². The van der Waals surface area contributed by atoms with Gasteiger partial charge in [-0.25, -0.2) is 0 Å². The summed E-state index contributed by atoms with van der Waals surface area (Å²) in [6.45, 7) is 0. The van der Waals surface area contributed by atoms with Crippen LogP contribution in [0.25, 0.3) is 61.6 Å². The molecule has 7 nitrogen and oxygen atoms in total. The molecule has 0 saturated carbocycles. The van der Waals surface area contributed by atoms with Crippen LogP contribution in [0.1, 0.15) is 0 Å². The maximum absolute atomic E-state index is 6.45. The van der Waals surface area contributed by atoms with E-state index in [0.717, 1.165) is 44.4 Å². The molecule has 0 amide bonds. The zero-order valence-electron chi connectivity index (χ0n) is 24.9. The van der Waals surface area contributed by atoms with Crippen molar-refractivity contribution in [3.8, 4) is 28.3 Å². The molecule has 0 unspecified atom stereocenters. The molecule has 0 fully saturated rings. The fourth-order valence-electron chi connectivity index (χ4n) is 5.18. The van der Waals surface area contributed by atoms with Crippen LogP contribution >= 0.6 is 0 Å². The molecule has 0 saturated heterocycles. The van der Waals surface area contributed by atoms with E-state index in [1.165, 1.54) is 10.7 Å². The SMILES string of the molecule is [CH3][Ge]([CH3])([CH3])[c]1ccc2c(c1)oc1c(-c3nc4ncnnc4n3-c3ccccc3)[c-]ccc12.[Ir].[c-]1ccccc1-c1ccccn1. The van der Waals surface area contributed by atoms with Crippen LogP contribution in [0.4, 0.5) is 0 Å². The number of hydrogen-bond donors (Lipinski definition) is 0. The molecule has 0 aliphatic rings. The number of hydrogen-bond acceptors (Lipinski definition) is 6. The summed E-state index contributed by atoms with van der Waals surface area (Å²) in [7, 11) is 0. The quantitative estimate of drug-likeness (QED) is 0.134. The molecule has 4 heterocycles. The third-order valence-corrected chi connectivity index (χ3v) is 11.7. The molecular weight excluding hydrogens is 797 g/mol. The van der Waals surface area contributed by atoms with Crippen molar-refractivity contribution in [2.24, 2.45) is 0 Å². The second kappa shape index (κ2) is 12.9. The Bertz CT molecular complexity index is 2170.